The standard InChI is InChI=1S/C9H18N2/c1-9(4-5-9)11-6-2-3-8(10)7-11/h8H,2-7,10H2,1H3/t8-/m1/s1. The van der Waals surface area contributed by atoms with E-state index in [9.17, 15) is 0 Å². The SMILES string of the molecule is CC1(N2CCC[C@@H](N)C2)CC1. The Bertz CT molecular complexity index is 152. The van der Waals surface area contributed by atoms with E-state index in [4.69, 9.17) is 5.73 Å². The molecule has 2 N–H and O–H groups in total. The molecular formula is C9H18N2. The number of piperidine rings is 1. The lowest BCUT2D eigenvalue weighted by Crippen LogP contribution is -2.47. The minimum atomic E-state index is 0.446. The van der Waals surface area contributed by atoms with Gasteiger partial charge >= 0.3 is 0 Å². The van der Waals surface area contributed by atoms with Crippen molar-refractivity contribution in [3.8, 4) is 0 Å². The second-order valence-electron chi connectivity index (χ2n) is 4.35. The zero-order valence-corrected chi connectivity index (χ0v) is 7.34. The summed E-state index contributed by atoms with van der Waals surface area (Å²) in [4.78, 5) is 2.58. The van der Waals surface area contributed by atoms with Crippen LogP contribution in [0.4, 0.5) is 0 Å². The maximum atomic E-state index is 5.91. The third-order valence-electron chi connectivity index (χ3n) is 3.19. The number of hydrogen-bond acceptors (Lipinski definition) is 2. The summed E-state index contributed by atoms with van der Waals surface area (Å²) in [5.74, 6) is 0. The van der Waals surface area contributed by atoms with Crippen LogP contribution in [0, 0.1) is 0 Å². The van der Waals surface area contributed by atoms with Gasteiger partial charge in [0.25, 0.3) is 0 Å². The largest absolute Gasteiger partial charge is 0.327 e. The molecule has 0 aromatic rings. The van der Waals surface area contributed by atoms with Crippen LogP contribution in [0.5, 0.6) is 0 Å². The molecule has 2 aliphatic rings. The third-order valence-corrected chi connectivity index (χ3v) is 3.19. The van der Waals surface area contributed by atoms with Gasteiger partial charge in [-0.1, -0.05) is 0 Å². The lowest BCUT2D eigenvalue weighted by molar-refractivity contribution is 0.144. The van der Waals surface area contributed by atoms with Crippen LogP contribution in [0.3, 0.4) is 0 Å². The summed E-state index contributed by atoms with van der Waals surface area (Å²) in [6.07, 6.45) is 5.31. The van der Waals surface area contributed by atoms with Crippen molar-refractivity contribution in [3.05, 3.63) is 0 Å². The molecule has 2 nitrogen and oxygen atoms in total. The highest BCUT2D eigenvalue weighted by molar-refractivity contribution is 5.01. The molecular weight excluding hydrogens is 136 g/mol. The van der Waals surface area contributed by atoms with Gasteiger partial charge in [0, 0.05) is 18.1 Å². The summed E-state index contributed by atoms with van der Waals surface area (Å²) in [5.41, 5.74) is 6.46. The lowest BCUT2D eigenvalue weighted by Gasteiger charge is -2.35. The topological polar surface area (TPSA) is 29.3 Å². The first-order chi connectivity index (χ1) is 5.21. The smallest absolute Gasteiger partial charge is 0.0183 e. The molecule has 2 heteroatoms. The highest BCUT2D eigenvalue weighted by atomic mass is 15.2. The van der Waals surface area contributed by atoms with Crippen LogP contribution in [-0.2, 0) is 0 Å². The Kier molecular flexibility index (Phi) is 1.69. The zero-order chi connectivity index (χ0) is 7.90. The molecule has 0 unspecified atom stereocenters. The number of hydrogen-bond donors (Lipinski definition) is 1. The molecule has 1 saturated heterocycles. The van der Waals surface area contributed by atoms with Crippen molar-refractivity contribution in [2.24, 2.45) is 5.73 Å². The molecule has 1 atom stereocenters. The van der Waals surface area contributed by atoms with Crippen LogP contribution < -0.4 is 5.73 Å². The Balaban J connectivity index is 1.93. The van der Waals surface area contributed by atoms with Gasteiger partial charge in [0.05, 0.1) is 0 Å². The van der Waals surface area contributed by atoms with Gasteiger partial charge < -0.3 is 5.73 Å². The Morgan fingerprint density at radius 1 is 1.45 bits per heavy atom. The van der Waals surface area contributed by atoms with Crippen molar-refractivity contribution in [3.63, 3.8) is 0 Å². The van der Waals surface area contributed by atoms with Gasteiger partial charge in [-0.05, 0) is 39.2 Å². The van der Waals surface area contributed by atoms with Gasteiger partial charge in [-0.25, -0.2) is 0 Å². The van der Waals surface area contributed by atoms with Crippen LogP contribution in [0.15, 0.2) is 0 Å². The van der Waals surface area contributed by atoms with Crippen LogP contribution in [0.2, 0.25) is 0 Å². The number of likely N-dealkylation sites (tertiary alicyclic amines) is 1. The fourth-order valence-corrected chi connectivity index (χ4v) is 2.00. The van der Waals surface area contributed by atoms with Gasteiger partial charge in [0.15, 0.2) is 0 Å². The zero-order valence-electron chi connectivity index (χ0n) is 7.34. The normalized spacial score (nSPS) is 37.1. The Labute approximate surface area is 68.7 Å². The van der Waals surface area contributed by atoms with E-state index in [-0.39, 0.29) is 0 Å². The Morgan fingerprint density at radius 2 is 2.18 bits per heavy atom. The molecule has 1 aliphatic heterocycles. The first-order valence-electron chi connectivity index (χ1n) is 4.71. The average Bonchev–Trinajstić information content (AvgIpc) is 2.70. The maximum Gasteiger partial charge on any atom is 0.0183 e. The molecule has 0 bridgehead atoms. The van der Waals surface area contributed by atoms with Crippen molar-refractivity contribution < 1.29 is 0 Å². The van der Waals surface area contributed by atoms with Crippen LogP contribution in [0.1, 0.15) is 32.6 Å². The van der Waals surface area contributed by atoms with E-state index in [0.717, 1.165) is 6.54 Å². The molecule has 0 amide bonds. The number of nitrogens with two attached hydrogens (primary N) is 1. The summed E-state index contributed by atoms with van der Waals surface area (Å²) in [5, 5.41) is 0. The molecule has 2 fully saturated rings. The van der Waals surface area contributed by atoms with E-state index in [1.165, 1.54) is 32.2 Å². The van der Waals surface area contributed by atoms with Crippen molar-refractivity contribution in [2.45, 2.75) is 44.2 Å². The van der Waals surface area contributed by atoms with Crippen molar-refractivity contribution in [1.29, 1.82) is 0 Å². The van der Waals surface area contributed by atoms with Crippen molar-refractivity contribution >= 4 is 0 Å². The van der Waals surface area contributed by atoms with E-state index < -0.39 is 0 Å². The summed E-state index contributed by atoms with van der Waals surface area (Å²) in [6, 6.07) is 0.446. The monoisotopic (exact) mass is 154 g/mol. The van der Waals surface area contributed by atoms with Crippen molar-refractivity contribution in [1.82, 2.24) is 4.90 Å². The average molecular weight is 154 g/mol. The van der Waals surface area contributed by atoms with Crippen LogP contribution in [-0.4, -0.2) is 29.6 Å². The molecule has 1 saturated carbocycles. The first-order valence-corrected chi connectivity index (χ1v) is 4.71. The van der Waals surface area contributed by atoms with Gasteiger partial charge in [0.1, 0.15) is 0 Å². The molecule has 0 aromatic heterocycles. The lowest BCUT2D eigenvalue weighted by atomic mass is 10.0. The van der Waals surface area contributed by atoms with Crippen LogP contribution >= 0.6 is 0 Å². The predicted octanol–water partition coefficient (Wildman–Crippen LogP) is 0.962. The van der Waals surface area contributed by atoms with E-state index in [2.05, 4.69) is 11.8 Å². The summed E-state index contributed by atoms with van der Waals surface area (Å²) in [6.45, 7) is 4.78. The predicted molar refractivity (Wildman–Crippen MR) is 46.4 cm³/mol. The van der Waals surface area contributed by atoms with Gasteiger partial charge in [-0.2, -0.15) is 0 Å². The van der Waals surface area contributed by atoms with E-state index in [1.807, 2.05) is 0 Å². The van der Waals surface area contributed by atoms with Crippen LogP contribution in [0.25, 0.3) is 0 Å². The summed E-state index contributed by atoms with van der Waals surface area (Å²) < 4.78 is 0. The molecule has 1 aliphatic carbocycles. The van der Waals surface area contributed by atoms with Gasteiger partial charge in [-0.3, -0.25) is 4.90 Å². The first kappa shape index (κ1) is 7.56. The van der Waals surface area contributed by atoms with E-state index >= 15 is 0 Å². The molecule has 0 spiro atoms. The minimum absolute atomic E-state index is 0.446. The van der Waals surface area contributed by atoms with Crippen molar-refractivity contribution in [2.75, 3.05) is 13.1 Å². The molecule has 64 valence electrons. The Hall–Kier alpha value is -0.0800. The highest BCUT2D eigenvalue weighted by Crippen LogP contribution is 2.41. The number of rotatable bonds is 1. The second-order valence-corrected chi connectivity index (χ2v) is 4.35. The molecule has 1 heterocycles. The molecule has 11 heavy (non-hydrogen) atoms. The van der Waals surface area contributed by atoms with E-state index in [0.29, 0.717) is 11.6 Å². The quantitative estimate of drug-likeness (QED) is 0.609. The minimum Gasteiger partial charge on any atom is -0.327 e. The molecule has 2 rings (SSSR count). The summed E-state index contributed by atoms with van der Waals surface area (Å²) >= 11 is 0. The molecule has 0 radical (unpaired) electrons. The van der Waals surface area contributed by atoms with Gasteiger partial charge in [0.2, 0.25) is 0 Å². The molecule has 0 aromatic carbocycles. The maximum absolute atomic E-state index is 5.91. The summed E-state index contributed by atoms with van der Waals surface area (Å²) in [7, 11) is 0. The van der Waals surface area contributed by atoms with Gasteiger partial charge in [-0.15, -0.1) is 0 Å². The highest BCUT2D eigenvalue weighted by Gasteiger charge is 2.43. The second kappa shape index (κ2) is 2.46. The van der Waals surface area contributed by atoms with E-state index in [1.54, 1.807) is 0 Å². The number of nitrogens with zero attached hydrogens (tertiary/aromatic N) is 1. The third kappa shape index (κ3) is 1.42. The Morgan fingerprint density at radius 3 is 2.73 bits per heavy atom. The fourth-order valence-electron chi connectivity index (χ4n) is 2.00. The fraction of sp³-hybridized carbons (Fsp3) is 1.00.